The molecule has 2 rings (SSSR count). The molecule has 2 heteroatoms. The Bertz CT molecular complexity index is 626. The van der Waals surface area contributed by atoms with Gasteiger partial charge in [0, 0.05) is 5.56 Å². The maximum atomic E-state index is 12.5. The molecule has 0 amide bonds. The van der Waals surface area contributed by atoms with Crippen LogP contribution in [0.25, 0.3) is 0 Å². The van der Waals surface area contributed by atoms with E-state index in [4.69, 9.17) is 0 Å². The van der Waals surface area contributed by atoms with Crippen LogP contribution in [0.15, 0.2) is 48.5 Å². The zero-order valence-corrected chi connectivity index (χ0v) is 14.8. The molecule has 0 aliphatic carbocycles. The minimum absolute atomic E-state index is 0.238. The molecule has 24 heavy (non-hydrogen) atoms. The fourth-order valence-electron chi connectivity index (χ4n) is 2.77. The Hall–Kier alpha value is -1.93. The zero-order valence-electron chi connectivity index (χ0n) is 14.8. The molecule has 0 aliphatic rings. The Kier molecular flexibility index (Phi) is 7.20. The summed E-state index contributed by atoms with van der Waals surface area (Å²) in [5.41, 5.74) is 3.72. The average Bonchev–Trinajstić information content (AvgIpc) is 2.64. The molecule has 0 fully saturated rings. The van der Waals surface area contributed by atoms with Crippen molar-refractivity contribution in [3.8, 4) is 0 Å². The topological polar surface area (TPSA) is 37.3 Å². The molecule has 2 aromatic rings. The summed E-state index contributed by atoms with van der Waals surface area (Å²) in [5, 5.41) is 10.4. The number of benzene rings is 2. The highest BCUT2D eigenvalue weighted by atomic mass is 16.3. The van der Waals surface area contributed by atoms with Gasteiger partial charge in [-0.1, -0.05) is 75.2 Å². The number of aliphatic hydroxyl groups excluding tert-OH is 1. The van der Waals surface area contributed by atoms with Crippen LogP contribution in [0.4, 0.5) is 0 Å². The number of hydrogen-bond acceptors (Lipinski definition) is 2. The van der Waals surface area contributed by atoms with Gasteiger partial charge in [-0.3, -0.25) is 4.79 Å². The van der Waals surface area contributed by atoms with Crippen molar-refractivity contribution in [3.63, 3.8) is 0 Å². The van der Waals surface area contributed by atoms with Gasteiger partial charge in [0.05, 0.1) is 0 Å². The van der Waals surface area contributed by atoms with Crippen LogP contribution in [0.3, 0.4) is 0 Å². The maximum absolute atomic E-state index is 12.5. The first-order valence-electron chi connectivity index (χ1n) is 9.05. The number of carbonyl (C=O) groups excluding carboxylic acids is 1. The fourth-order valence-corrected chi connectivity index (χ4v) is 2.77. The van der Waals surface area contributed by atoms with Gasteiger partial charge in [-0.15, -0.1) is 0 Å². The van der Waals surface area contributed by atoms with Crippen molar-refractivity contribution in [2.45, 2.75) is 58.5 Å². The lowest BCUT2D eigenvalue weighted by Gasteiger charge is -2.11. The molecule has 1 N–H and O–H groups in total. The van der Waals surface area contributed by atoms with Gasteiger partial charge >= 0.3 is 0 Å². The average molecular weight is 324 g/mol. The first-order chi connectivity index (χ1) is 11.7. The van der Waals surface area contributed by atoms with Crippen LogP contribution < -0.4 is 0 Å². The number of ketones is 1. The lowest BCUT2D eigenvalue weighted by Crippen LogP contribution is -2.12. The van der Waals surface area contributed by atoms with Crippen LogP contribution in [0, 0.1) is 0 Å². The Labute approximate surface area is 145 Å². The molecule has 1 unspecified atom stereocenters. The van der Waals surface area contributed by atoms with Crippen molar-refractivity contribution >= 4 is 5.78 Å². The molecule has 0 heterocycles. The molecule has 0 radical (unpaired) electrons. The van der Waals surface area contributed by atoms with Crippen LogP contribution in [-0.2, 0) is 12.8 Å². The zero-order chi connectivity index (χ0) is 17.4. The Morgan fingerprint density at radius 1 is 0.833 bits per heavy atom. The van der Waals surface area contributed by atoms with Crippen molar-refractivity contribution < 1.29 is 9.90 Å². The molecule has 0 saturated carbocycles. The predicted molar refractivity (Wildman–Crippen MR) is 99.4 cm³/mol. The third kappa shape index (κ3) is 5.04. The van der Waals surface area contributed by atoms with E-state index in [0.717, 1.165) is 38.5 Å². The first-order valence-corrected chi connectivity index (χ1v) is 9.05. The molecule has 2 nitrogen and oxygen atoms in total. The molecule has 2 aromatic carbocycles. The van der Waals surface area contributed by atoms with Gasteiger partial charge < -0.3 is 5.11 Å². The second-order valence-electron chi connectivity index (χ2n) is 6.41. The van der Waals surface area contributed by atoms with Gasteiger partial charge in [-0.05, 0) is 42.4 Å². The minimum atomic E-state index is -1.09. The van der Waals surface area contributed by atoms with Crippen LogP contribution in [0.2, 0.25) is 0 Å². The number of carbonyl (C=O) groups is 1. The van der Waals surface area contributed by atoms with E-state index in [1.165, 1.54) is 11.1 Å². The van der Waals surface area contributed by atoms with Gasteiger partial charge in [0.25, 0.3) is 0 Å². The Balaban J connectivity index is 2.02. The summed E-state index contributed by atoms with van der Waals surface area (Å²) >= 11 is 0. The predicted octanol–water partition coefficient (Wildman–Crippen LogP) is 5.29. The Morgan fingerprint density at radius 2 is 1.29 bits per heavy atom. The van der Waals surface area contributed by atoms with Crippen LogP contribution in [0.5, 0.6) is 0 Å². The number of Topliss-reactive ketones (excluding diaryl/α,β-unsaturated/α-hetero) is 1. The molecule has 128 valence electrons. The summed E-state index contributed by atoms with van der Waals surface area (Å²) in [7, 11) is 0. The minimum Gasteiger partial charge on any atom is -0.380 e. The highest BCUT2D eigenvalue weighted by Gasteiger charge is 2.19. The largest absolute Gasteiger partial charge is 0.380 e. The monoisotopic (exact) mass is 324 g/mol. The molecule has 0 aromatic heterocycles. The molecular weight excluding hydrogens is 296 g/mol. The molecular formula is C22H28O2. The highest BCUT2D eigenvalue weighted by Crippen LogP contribution is 2.20. The van der Waals surface area contributed by atoms with Crippen molar-refractivity contribution in [2.75, 3.05) is 0 Å². The van der Waals surface area contributed by atoms with E-state index in [1.807, 2.05) is 48.5 Å². The lowest BCUT2D eigenvalue weighted by atomic mass is 9.97. The number of rotatable bonds is 9. The van der Waals surface area contributed by atoms with E-state index in [2.05, 4.69) is 13.8 Å². The fraction of sp³-hybridized carbons (Fsp3) is 0.409. The lowest BCUT2D eigenvalue weighted by molar-refractivity contribution is 0.0747. The summed E-state index contributed by atoms with van der Waals surface area (Å²) < 4.78 is 0. The third-order valence-corrected chi connectivity index (χ3v) is 4.42. The first kappa shape index (κ1) is 18.4. The summed E-state index contributed by atoms with van der Waals surface area (Å²) in [6.07, 6.45) is 5.62. The summed E-state index contributed by atoms with van der Waals surface area (Å²) in [4.78, 5) is 12.5. The van der Waals surface area contributed by atoms with Crippen molar-refractivity contribution in [2.24, 2.45) is 0 Å². The van der Waals surface area contributed by atoms with E-state index in [0.29, 0.717) is 11.1 Å². The molecule has 0 saturated heterocycles. The van der Waals surface area contributed by atoms with Crippen molar-refractivity contribution in [1.29, 1.82) is 0 Å². The number of unbranched alkanes of at least 4 members (excludes halogenated alkanes) is 2. The molecule has 0 bridgehead atoms. The van der Waals surface area contributed by atoms with E-state index < -0.39 is 6.10 Å². The van der Waals surface area contributed by atoms with Crippen LogP contribution in [-0.4, -0.2) is 10.9 Å². The van der Waals surface area contributed by atoms with Gasteiger partial charge in [0.1, 0.15) is 6.10 Å². The number of aryl methyl sites for hydroxylation is 2. The van der Waals surface area contributed by atoms with Crippen LogP contribution in [0.1, 0.15) is 72.7 Å². The van der Waals surface area contributed by atoms with Crippen LogP contribution >= 0.6 is 0 Å². The van der Waals surface area contributed by atoms with Crippen molar-refractivity contribution in [3.05, 3.63) is 70.8 Å². The van der Waals surface area contributed by atoms with E-state index in [1.54, 1.807) is 0 Å². The van der Waals surface area contributed by atoms with Gasteiger partial charge in [0.15, 0.2) is 5.78 Å². The van der Waals surface area contributed by atoms with Gasteiger partial charge in [-0.25, -0.2) is 0 Å². The standard InChI is InChI=1S/C22H28O2/c1-3-5-7-17-9-13-19(14-10-17)21(23)22(24)20-15-11-18(12-16-20)8-6-4-2/h9-16,21,23H,3-8H2,1-2H3. The van der Waals surface area contributed by atoms with Gasteiger partial charge in [-0.2, -0.15) is 0 Å². The van der Waals surface area contributed by atoms with Crippen molar-refractivity contribution in [1.82, 2.24) is 0 Å². The smallest absolute Gasteiger partial charge is 0.195 e. The second kappa shape index (κ2) is 9.39. The van der Waals surface area contributed by atoms with E-state index in [9.17, 15) is 9.90 Å². The Morgan fingerprint density at radius 3 is 1.75 bits per heavy atom. The summed E-state index contributed by atoms with van der Waals surface area (Å²) in [5.74, 6) is -0.238. The molecule has 1 atom stereocenters. The highest BCUT2D eigenvalue weighted by molar-refractivity contribution is 5.99. The normalized spacial score (nSPS) is 12.1. The molecule has 0 spiro atoms. The van der Waals surface area contributed by atoms with E-state index in [-0.39, 0.29) is 5.78 Å². The number of aliphatic hydroxyl groups is 1. The SMILES string of the molecule is CCCCc1ccc(C(=O)C(O)c2ccc(CCCC)cc2)cc1. The maximum Gasteiger partial charge on any atom is 0.195 e. The van der Waals surface area contributed by atoms with E-state index >= 15 is 0 Å². The quantitative estimate of drug-likeness (QED) is 0.636. The summed E-state index contributed by atoms with van der Waals surface area (Å²) in [6.45, 7) is 4.34. The molecule has 0 aliphatic heterocycles. The third-order valence-electron chi connectivity index (χ3n) is 4.42. The number of hydrogen-bond donors (Lipinski definition) is 1. The summed E-state index contributed by atoms with van der Waals surface area (Å²) in [6, 6.07) is 15.4. The van der Waals surface area contributed by atoms with Gasteiger partial charge in [0.2, 0.25) is 0 Å². The second-order valence-corrected chi connectivity index (χ2v) is 6.41.